The van der Waals surface area contributed by atoms with Crippen molar-refractivity contribution < 1.29 is 9.47 Å². The molecule has 0 aliphatic carbocycles. The molecule has 0 spiro atoms. The number of piperidine rings is 1. The second-order valence-corrected chi connectivity index (χ2v) is 4.56. The van der Waals surface area contributed by atoms with Crippen LogP contribution in [0.4, 0.5) is 0 Å². The van der Waals surface area contributed by atoms with Crippen molar-refractivity contribution in [1.82, 2.24) is 19.9 Å². The van der Waals surface area contributed by atoms with Crippen LogP contribution in [0.5, 0.6) is 12.0 Å². The van der Waals surface area contributed by atoms with Gasteiger partial charge in [-0.1, -0.05) is 0 Å². The summed E-state index contributed by atoms with van der Waals surface area (Å²) in [7, 11) is 2.10. The monoisotopic (exact) mass is 272 g/mol. The average Bonchev–Trinajstić information content (AvgIpc) is 2.32. The minimum atomic E-state index is 0.0939. The molecule has 100 valence electrons. The zero-order valence-electron chi connectivity index (χ0n) is 10.6. The molecule has 7 heteroatoms. The number of ether oxygens (including phenoxy) is 2. The molecule has 1 aromatic rings. The maximum absolute atomic E-state index is 5.80. The Kier molecular flexibility index (Phi) is 4.54. The molecule has 0 unspecified atom stereocenters. The van der Waals surface area contributed by atoms with Crippen molar-refractivity contribution in [3.8, 4) is 12.0 Å². The number of nitrogens with zero attached hydrogens (tertiary/aromatic N) is 4. The highest BCUT2D eigenvalue weighted by molar-refractivity contribution is 6.28. The average molecular weight is 273 g/mol. The molecule has 6 nitrogen and oxygen atoms in total. The van der Waals surface area contributed by atoms with Gasteiger partial charge in [0.15, 0.2) is 0 Å². The Labute approximate surface area is 111 Å². The summed E-state index contributed by atoms with van der Waals surface area (Å²) >= 11 is 5.80. The SMILES string of the molecule is CCOc1nc(Cl)nc(OC2CCN(C)CC2)n1. The molecule has 1 fully saturated rings. The fraction of sp³-hybridized carbons (Fsp3) is 0.727. The Bertz CT molecular complexity index is 397. The van der Waals surface area contributed by atoms with Crippen molar-refractivity contribution in [3.63, 3.8) is 0 Å². The summed E-state index contributed by atoms with van der Waals surface area (Å²) in [5.41, 5.74) is 0. The van der Waals surface area contributed by atoms with E-state index in [1.165, 1.54) is 0 Å². The molecule has 0 N–H and O–H groups in total. The Morgan fingerprint density at radius 3 is 2.56 bits per heavy atom. The largest absolute Gasteiger partial charge is 0.464 e. The van der Waals surface area contributed by atoms with Gasteiger partial charge in [0.05, 0.1) is 6.61 Å². The molecular formula is C11H17ClN4O2. The second kappa shape index (κ2) is 6.15. The zero-order chi connectivity index (χ0) is 13.0. The van der Waals surface area contributed by atoms with Gasteiger partial charge in [0, 0.05) is 13.1 Å². The Morgan fingerprint density at radius 1 is 1.22 bits per heavy atom. The molecule has 1 saturated heterocycles. The number of halogens is 1. The summed E-state index contributed by atoms with van der Waals surface area (Å²) in [6.07, 6.45) is 2.06. The quantitative estimate of drug-likeness (QED) is 0.826. The molecule has 1 aliphatic heterocycles. The molecule has 2 heterocycles. The minimum absolute atomic E-state index is 0.0939. The number of hydrogen-bond acceptors (Lipinski definition) is 6. The molecule has 0 bridgehead atoms. The molecule has 0 amide bonds. The molecular weight excluding hydrogens is 256 g/mol. The van der Waals surface area contributed by atoms with E-state index in [-0.39, 0.29) is 23.4 Å². The standard InChI is InChI=1S/C11H17ClN4O2/c1-3-17-10-13-9(12)14-11(15-10)18-8-4-6-16(2)7-5-8/h8H,3-7H2,1-2H3. The van der Waals surface area contributed by atoms with E-state index in [1.807, 2.05) is 6.92 Å². The Morgan fingerprint density at radius 2 is 1.89 bits per heavy atom. The van der Waals surface area contributed by atoms with Crippen LogP contribution in [0.1, 0.15) is 19.8 Å². The third-order valence-corrected chi connectivity index (χ3v) is 2.95. The van der Waals surface area contributed by atoms with Crippen molar-refractivity contribution >= 4 is 11.6 Å². The lowest BCUT2D eigenvalue weighted by molar-refractivity contribution is 0.103. The number of hydrogen-bond donors (Lipinski definition) is 0. The highest BCUT2D eigenvalue weighted by Gasteiger charge is 2.19. The maximum atomic E-state index is 5.80. The third kappa shape index (κ3) is 3.68. The van der Waals surface area contributed by atoms with Crippen molar-refractivity contribution in [2.75, 3.05) is 26.7 Å². The molecule has 1 aromatic heterocycles. The number of rotatable bonds is 4. The molecule has 0 aromatic carbocycles. The topological polar surface area (TPSA) is 60.4 Å². The highest BCUT2D eigenvalue weighted by atomic mass is 35.5. The Balaban J connectivity index is 2.00. The molecule has 0 radical (unpaired) electrons. The highest BCUT2D eigenvalue weighted by Crippen LogP contribution is 2.18. The van der Waals surface area contributed by atoms with Crippen LogP contribution < -0.4 is 9.47 Å². The van der Waals surface area contributed by atoms with Crippen LogP contribution in [0.15, 0.2) is 0 Å². The van der Waals surface area contributed by atoms with Gasteiger partial charge in [-0.2, -0.15) is 9.97 Å². The van der Waals surface area contributed by atoms with Gasteiger partial charge in [-0.25, -0.2) is 0 Å². The zero-order valence-corrected chi connectivity index (χ0v) is 11.4. The second-order valence-electron chi connectivity index (χ2n) is 4.22. The van der Waals surface area contributed by atoms with Gasteiger partial charge >= 0.3 is 12.0 Å². The van der Waals surface area contributed by atoms with Crippen LogP contribution in [-0.4, -0.2) is 52.7 Å². The summed E-state index contributed by atoms with van der Waals surface area (Å²) < 4.78 is 10.9. The number of aromatic nitrogens is 3. The van der Waals surface area contributed by atoms with Crippen LogP contribution in [-0.2, 0) is 0 Å². The van der Waals surface area contributed by atoms with Gasteiger partial charge in [0.1, 0.15) is 6.10 Å². The normalized spacial score (nSPS) is 17.7. The van der Waals surface area contributed by atoms with E-state index in [2.05, 4.69) is 26.9 Å². The van der Waals surface area contributed by atoms with Crippen molar-refractivity contribution in [2.45, 2.75) is 25.9 Å². The lowest BCUT2D eigenvalue weighted by Gasteiger charge is -2.28. The summed E-state index contributed by atoms with van der Waals surface area (Å²) in [4.78, 5) is 14.2. The van der Waals surface area contributed by atoms with Gasteiger partial charge in [-0.15, -0.1) is 4.98 Å². The summed E-state index contributed by atoms with van der Waals surface area (Å²) in [5.74, 6) is 0. The van der Waals surface area contributed by atoms with Crippen LogP contribution in [0.2, 0.25) is 5.28 Å². The van der Waals surface area contributed by atoms with E-state index in [9.17, 15) is 0 Å². The first-order chi connectivity index (χ1) is 8.67. The van der Waals surface area contributed by atoms with Crippen LogP contribution >= 0.6 is 11.6 Å². The molecule has 1 aliphatic rings. The summed E-state index contributed by atoms with van der Waals surface area (Å²) in [6, 6.07) is 0.452. The fourth-order valence-corrected chi connectivity index (χ4v) is 1.96. The van der Waals surface area contributed by atoms with E-state index in [0.29, 0.717) is 6.61 Å². The van der Waals surface area contributed by atoms with E-state index in [0.717, 1.165) is 25.9 Å². The first-order valence-electron chi connectivity index (χ1n) is 6.07. The predicted octanol–water partition coefficient (Wildman–Crippen LogP) is 1.40. The lowest BCUT2D eigenvalue weighted by Crippen LogP contribution is -2.36. The van der Waals surface area contributed by atoms with E-state index in [4.69, 9.17) is 21.1 Å². The number of likely N-dealkylation sites (tertiary alicyclic amines) is 1. The van der Waals surface area contributed by atoms with Crippen molar-refractivity contribution in [3.05, 3.63) is 5.28 Å². The first kappa shape index (κ1) is 13.3. The molecule has 0 saturated carbocycles. The van der Waals surface area contributed by atoms with E-state index in [1.54, 1.807) is 0 Å². The van der Waals surface area contributed by atoms with Crippen LogP contribution in [0.3, 0.4) is 0 Å². The maximum Gasteiger partial charge on any atom is 0.324 e. The molecule has 2 rings (SSSR count). The summed E-state index contributed by atoms with van der Waals surface area (Å²) in [5, 5.41) is 0.0939. The summed E-state index contributed by atoms with van der Waals surface area (Å²) in [6.45, 7) is 4.37. The van der Waals surface area contributed by atoms with Crippen LogP contribution in [0.25, 0.3) is 0 Å². The molecule has 0 atom stereocenters. The minimum Gasteiger partial charge on any atom is -0.464 e. The van der Waals surface area contributed by atoms with Gasteiger partial charge in [-0.05, 0) is 38.4 Å². The third-order valence-electron chi connectivity index (χ3n) is 2.78. The Hall–Kier alpha value is -1.14. The molecule has 18 heavy (non-hydrogen) atoms. The van der Waals surface area contributed by atoms with Gasteiger partial charge in [0.25, 0.3) is 0 Å². The van der Waals surface area contributed by atoms with Crippen molar-refractivity contribution in [1.29, 1.82) is 0 Å². The van der Waals surface area contributed by atoms with Gasteiger partial charge in [0.2, 0.25) is 5.28 Å². The fourth-order valence-electron chi connectivity index (χ4n) is 1.81. The van der Waals surface area contributed by atoms with E-state index >= 15 is 0 Å². The van der Waals surface area contributed by atoms with Gasteiger partial charge in [-0.3, -0.25) is 0 Å². The smallest absolute Gasteiger partial charge is 0.324 e. The first-order valence-corrected chi connectivity index (χ1v) is 6.44. The van der Waals surface area contributed by atoms with Gasteiger partial charge < -0.3 is 14.4 Å². The van der Waals surface area contributed by atoms with E-state index < -0.39 is 0 Å². The van der Waals surface area contributed by atoms with Crippen molar-refractivity contribution in [2.24, 2.45) is 0 Å². The van der Waals surface area contributed by atoms with Crippen LogP contribution in [0, 0.1) is 0 Å². The lowest BCUT2D eigenvalue weighted by atomic mass is 10.1. The predicted molar refractivity (Wildman–Crippen MR) is 67.2 cm³/mol.